The number of esters is 1. The summed E-state index contributed by atoms with van der Waals surface area (Å²) in [5, 5.41) is 18.2. The first-order chi connectivity index (χ1) is 11.6. The number of carbonyl (C=O) groups is 1. The topological polar surface area (TPSA) is 106 Å². The van der Waals surface area contributed by atoms with Crippen LogP contribution in [0.4, 0.5) is 11.4 Å². The van der Waals surface area contributed by atoms with Crippen LogP contribution < -0.4 is 10.7 Å². The molecular formula is C16H22N4O4. The quantitative estimate of drug-likeness (QED) is 0.451. The maximum atomic E-state index is 11.5. The molecule has 2 rings (SSSR count). The lowest BCUT2D eigenvalue weighted by atomic mass is 9.93. The molecule has 1 unspecified atom stereocenters. The summed E-state index contributed by atoms with van der Waals surface area (Å²) in [4.78, 5) is 21.7. The van der Waals surface area contributed by atoms with Crippen LogP contribution in [0.5, 0.6) is 0 Å². The van der Waals surface area contributed by atoms with Gasteiger partial charge in [-0.25, -0.2) is 0 Å². The summed E-state index contributed by atoms with van der Waals surface area (Å²) in [6, 6.07) is 6.13. The molecule has 0 heterocycles. The van der Waals surface area contributed by atoms with Crippen molar-refractivity contribution >= 4 is 23.1 Å². The molecule has 1 aromatic carbocycles. The Morgan fingerprint density at radius 3 is 2.79 bits per heavy atom. The number of nitrogens with zero attached hydrogens (tertiary/aromatic N) is 2. The van der Waals surface area contributed by atoms with E-state index < -0.39 is 4.92 Å². The summed E-state index contributed by atoms with van der Waals surface area (Å²) in [5.41, 5.74) is 4.61. The van der Waals surface area contributed by atoms with Crippen LogP contribution >= 0.6 is 0 Å². The molecule has 1 atom stereocenters. The average Bonchev–Trinajstić information content (AvgIpc) is 2.59. The van der Waals surface area contributed by atoms with E-state index in [2.05, 4.69) is 15.8 Å². The van der Waals surface area contributed by atoms with E-state index >= 15 is 0 Å². The van der Waals surface area contributed by atoms with Crippen LogP contribution in [-0.4, -0.2) is 35.8 Å². The summed E-state index contributed by atoms with van der Waals surface area (Å²) in [5.74, 6) is -0.272. The Labute approximate surface area is 140 Å². The molecular weight excluding hydrogens is 312 g/mol. The van der Waals surface area contributed by atoms with Crippen molar-refractivity contribution in [1.29, 1.82) is 0 Å². The van der Waals surface area contributed by atoms with E-state index in [0.717, 1.165) is 31.4 Å². The SMILES string of the molecule is CCOC(=O)CNC1CCCC/C1=N/Nc1ccc([N+](=O)[O-])cc1. The first-order valence-electron chi connectivity index (χ1n) is 8.06. The van der Waals surface area contributed by atoms with Gasteiger partial charge in [-0.2, -0.15) is 5.10 Å². The van der Waals surface area contributed by atoms with E-state index in [1.807, 2.05) is 0 Å². The highest BCUT2D eigenvalue weighted by Crippen LogP contribution is 2.18. The Morgan fingerprint density at radius 1 is 1.38 bits per heavy atom. The van der Waals surface area contributed by atoms with E-state index in [1.54, 1.807) is 19.1 Å². The number of ether oxygens (including phenoxy) is 1. The van der Waals surface area contributed by atoms with E-state index in [4.69, 9.17) is 4.74 Å². The van der Waals surface area contributed by atoms with Gasteiger partial charge in [0, 0.05) is 18.2 Å². The zero-order valence-corrected chi connectivity index (χ0v) is 13.7. The van der Waals surface area contributed by atoms with Gasteiger partial charge < -0.3 is 4.74 Å². The van der Waals surface area contributed by atoms with Gasteiger partial charge in [-0.1, -0.05) is 6.42 Å². The third kappa shape index (κ3) is 5.31. The minimum absolute atomic E-state index is 0.0358. The molecule has 0 amide bonds. The number of carbonyl (C=O) groups excluding carboxylic acids is 1. The Balaban J connectivity index is 1.94. The van der Waals surface area contributed by atoms with Gasteiger partial charge in [0.2, 0.25) is 0 Å². The maximum Gasteiger partial charge on any atom is 0.319 e. The molecule has 2 N–H and O–H groups in total. The standard InChI is InChI=1S/C16H22N4O4/c1-2-24-16(21)11-17-14-5-3-4-6-15(14)19-18-12-7-9-13(10-8-12)20(22)23/h7-10,14,17-18H,2-6,11H2,1H3/b19-15-. The zero-order valence-electron chi connectivity index (χ0n) is 13.7. The molecule has 0 saturated heterocycles. The van der Waals surface area contributed by atoms with Gasteiger partial charge in [0.1, 0.15) is 0 Å². The summed E-state index contributed by atoms with van der Waals surface area (Å²) in [6.07, 6.45) is 3.90. The molecule has 1 saturated carbocycles. The third-order valence-corrected chi connectivity index (χ3v) is 3.78. The van der Waals surface area contributed by atoms with Crippen molar-refractivity contribution in [3.05, 3.63) is 34.4 Å². The highest BCUT2D eigenvalue weighted by molar-refractivity contribution is 5.91. The molecule has 0 aromatic heterocycles. The first-order valence-corrected chi connectivity index (χ1v) is 8.06. The van der Waals surface area contributed by atoms with Gasteiger partial charge in [-0.05, 0) is 38.3 Å². The number of hydrogen-bond acceptors (Lipinski definition) is 7. The molecule has 8 nitrogen and oxygen atoms in total. The Morgan fingerprint density at radius 2 is 2.12 bits per heavy atom. The average molecular weight is 334 g/mol. The zero-order chi connectivity index (χ0) is 17.4. The van der Waals surface area contributed by atoms with Crippen molar-refractivity contribution in [3.8, 4) is 0 Å². The summed E-state index contributed by atoms with van der Waals surface area (Å²) in [7, 11) is 0. The van der Waals surface area contributed by atoms with Crippen LogP contribution in [0, 0.1) is 10.1 Å². The number of benzene rings is 1. The molecule has 8 heteroatoms. The van der Waals surface area contributed by atoms with E-state index in [9.17, 15) is 14.9 Å². The second-order valence-corrected chi connectivity index (χ2v) is 5.50. The fourth-order valence-electron chi connectivity index (χ4n) is 2.56. The number of anilines is 1. The fraction of sp³-hybridized carbons (Fsp3) is 0.500. The summed E-state index contributed by atoms with van der Waals surface area (Å²) in [6.45, 7) is 2.31. The fourth-order valence-corrected chi connectivity index (χ4v) is 2.56. The molecule has 1 fully saturated rings. The second kappa shape index (κ2) is 8.97. The van der Waals surface area contributed by atoms with Crippen molar-refractivity contribution in [2.24, 2.45) is 5.10 Å². The van der Waals surface area contributed by atoms with Crippen LogP contribution in [0.3, 0.4) is 0 Å². The molecule has 0 bridgehead atoms. The van der Waals surface area contributed by atoms with Crippen molar-refractivity contribution in [2.45, 2.75) is 38.6 Å². The van der Waals surface area contributed by atoms with Gasteiger partial charge in [0.25, 0.3) is 5.69 Å². The largest absolute Gasteiger partial charge is 0.465 e. The lowest BCUT2D eigenvalue weighted by Gasteiger charge is -2.24. The lowest BCUT2D eigenvalue weighted by molar-refractivity contribution is -0.384. The number of non-ortho nitro benzene ring substituents is 1. The highest BCUT2D eigenvalue weighted by atomic mass is 16.6. The summed E-state index contributed by atoms with van der Waals surface area (Å²) >= 11 is 0. The van der Waals surface area contributed by atoms with E-state index in [-0.39, 0.29) is 24.2 Å². The van der Waals surface area contributed by atoms with Gasteiger partial charge in [-0.3, -0.25) is 25.7 Å². The minimum atomic E-state index is -0.438. The van der Waals surface area contributed by atoms with Crippen LogP contribution in [0.25, 0.3) is 0 Å². The first kappa shape index (κ1) is 17.9. The number of nitro benzene ring substituents is 1. The van der Waals surface area contributed by atoms with E-state index in [1.165, 1.54) is 12.1 Å². The predicted molar refractivity (Wildman–Crippen MR) is 91.0 cm³/mol. The number of rotatable bonds is 7. The van der Waals surface area contributed by atoms with Gasteiger partial charge in [0.15, 0.2) is 0 Å². The van der Waals surface area contributed by atoms with Crippen molar-refractivity contribution < 1.29 is 14.5 Å². The lowest BCUT2D eigenvalue weighted by Crippen LogP contribution is -2.42. The molecule has 1 aromatic rings. The summed E-state index contributed by atoms with van der Waals surface area (Å²) < 4.78 is 4.92. The number of nitrogens with one attached hydrogen (secondary N) is 2. The molecule has 1 aliphatic carbocycles. The molecule has 1 aliphatic rings. The molecule has 0 radical (unpaired) electrons. The molecule has 130 valence electrons. The van der Waals surface area contributed by atoms with Gasteiger partial charge in [0.05, 0.1) is 29.5 Å². The normalized spacial score (nSPS) is 19.0. The Kier molecular flexibility index (Phi) is 6.68. The third-order valence-electron chi connectivity index (χ3n) is 3.78. The van der Waals surface area contributed by atoms with Crippen molar-refractivity contribution in [2.75, 3.05) is 18.6 Å². The highest BCUT2D eigenvalue weighted by Gasteiger charge is 2.21. The van der Waals surface area contributed by atoms with Crippen molar-refractivity contribution in [3.63, 3.8) is 0 Å². The smallest absolute Gasteiger partial charge is 0.319 e. The molecule has 0 spiro atoms. The van der Waals surface area contributed by atoms with Crippen LogP contribution in [0.1, 0.15) is 32.6 Å². The van der Waals surface area contributed by atoms with Gasteiger partial charge in [-0.15, -0.1) is 0 Å². The monoisotopic (exact) mass is 334 g/mol. The number of hydrazone groups is 1. The van der Waals surface area contributed by atoms with Crippen LogP contribution in [-0.2, 0) is 9.53 Å². The van der Waals surface area contributed by atoms with Crippen LogP contribution in [0.2, 0.25) is 0 Å². The predicted octanol–water partition coefficient (Wildman–Crippen LogP) is 2.46. The minimum Gasteiger partial charge on any atom is -0.465 e. The molecule has 0 aliphatic heterocycles. The van der Waals surface area contributed by atoms with Gasteiger partial charge >= 0.3 is 5.97 Å². The van der Waals surface area contributed by atoms with Crippen molar-refractivity contribution in [1.82, 2.24) is 5.32 Å². The Hall–Kier alpha value is -2.48. The number of hydrogen-bond donors (Lipinski definition) is 2. The van der Waals surface area contributed by atoms with E-state index in [0.29, 0.717) is 12.3 Å². The Bertz CT molecular complexity index is 601. The maximum absolute atomic E-state index is 11.5. The van der Waals surface area contributed by atoms with Crippen LogP contribution in [0.15, 0.2) is 29.4 Å². The second-order valence-electron chi connectivity index (χ2n) is 5.50. The molecule has 24 heavy (non-hydrogen) atoms. The number of nitro groups is 1.